The number of hydrogen-bond acceptors (Lipinski definition) is 5. The molecule has 0 aromatic heterocycles. The van der Waals surface area contributed by atoms with Crippen molar-refractivity contribution < 1.29 is 24.2 Å². The van der Waals surface area contributed by atoms with Crippen LogP contribution in [0.5, 0.6) is 0 Å². The molecule has 8 nitrogen and oxygen atoms in total. The number of benzene rings is 1. The van der Waals surface area contributed by atoms with Gasteiger partial charge >= 0.3 is 12.1 Å². The zero-order valence-corrected chi connectivity index (χ0v) is 20.3. The third-order valence-electron chi connectivity index (χ3n) is 7.68. The van der Waals surface area contributed by atoms with E-state index in [-0.39, 0.29) is 43.2 Å². The average molecular weight is 492 g/mol. The second-order valence-electron chi connectivity index (χ2n) is 9.42. The first kappa shape index (κ1) is 26.0. The lowest BCUT2D eigenvalue weighted by Crippen LogP contribution is -2.52. The monoisotopic (exact) mass is 491 g/mol. The fraction of sp³-hybridized carbons (Fsp3) is 0.560. The van der Waals surface area contributed by atoms with E-state index in [1.54, 1.807) is 11.0 Å². The molecule has 9 heteroatoms. The summed E-state index contributed by atoms with van der Waals surface area (Å²) in [6.07, 6.45) is 6.16. The van der Waals surface area contributed by atoms with Crippen LogP contribution in [0.4, 0.5) is 4.79 Å². The SMILES string of the molecule is C=Cc1cccc2c1CN(C(=O)O)C2[C@@H]1C[C@@H](C(=O)OC)N(C(=O)[C@@H](N)C2CCCCC2)C1.Cl. The number of carboxylic acid groups (broad SMARTS) is 1. The number of methoxy groups -OCH3 is 1. The zero-order valence-electron chi connectivity index (χ0n) is 19.5. The molecule has 4 rings (SSSR count). The first-order valence-electron chi connectivity index (χ1n) is 11.7. The maximum atomic E-state index is 13.4. The molecule has 2 amide bonds. The van der Waals surface area contributed by atoms with Gasteiger partial charge in [-0.3, -0.25) is 9.69 Å². The Morgan fingerprint density at radius 3 is 2.53 bits per heavy atom. The molecule has 3 aliphatic rings. The van der Waals surface area contributed by atoms with Crippen molar-refractivity contribution in [1.82, 2.24) is 9.80 Å². The molecule has 0 radical (unpaired) electrons. The second-order valence-corrected chi connectivity index (χ2v) is 9.42. The molecule has 0 spiro atoms. The van der Waals surface area contributed by atoms with E-state index in [0.717, 1.165) is 48.8 Å². The highest BCUT2D eigenvalue weighted by molar-refractivity contribution is 5.88. The number of amides is 2. The van der Waals surface area contributed by atoms with E-state index in [4.69, 9.17) is 10.5 Å². The molecule has 1 saturated heterocycles. The van der Waals surface area contributed by atoms with Crippen molar-refractivity contribution in [3.63, 3.8) is 0 Å². The minimum Gasteiger partial charge on any atom is -0.467 e. The van der Waals surface area contributed by atoms with Crippen molar-refractivity contribution in [1.29, 1.82) is 0 Å². The van der Waals surface area contributed by atoms with Crippen molar-refractivity contribution in [2.24, 2.45) is 17.6 Å². The predicted molar refractivity (Wildman–Crippen MR) is 130 cm³/mol. The summed E-state index contributed by atoms with van der Waals surface area (Å²) in [7, 11) is 1.31. The Morgan fingerprint density at radius 2 is 1.91 bits per heavy atom. The van der Waals surface area contributed by atoms with Gasteiger partial charge in [0, 0.05) is 12.5 Å². The fourth-order valence-electron chi connectivity index (χ4n) is 5.99. The molecule has 0 bridgehead atoms. The highest BCUT2D eigenvalue weighted by atomic mass is 35.5. The Hall–Kier alpha value is -2.58. The number of carbonyl (C=O) groups is 3. The zero-order chi connectivity index (χ0) is 23.7. The standard InChI is InChI=1S/C25H33N3O5.ClH/c1-3-15-10-7-11-18-19(15)14-28(25(31)32)22(18)17-12-20(24(30)33-2)27(13-17)23(29)21(26)16-8-5-4-6-9-16;/h3,7,10-11,16-17,20-22H,1,4-6,8-9,12-14,26H2,2H3,(H,31,32);1H/t17-,20+,21+,22?;/m1./s1. The molecule has 4 atom stereocenters. The molecule has 2 aliphatic heterocycles. The van der Waals surface area contributed by atoms with Crippen LogP contribution in [-0.4, -0.2) is 58.6 Å². The number of halogens is 1. The van der Waals surface area contributed by atoms with Gasteiger partial charge in [0.15, 0.2) is 0 Å². The summed E-state index contributed by atoms with van der Waals surface area (Å²) < 4.78 is 5.01. The van der Waals surface area contributed by atoms with Gasteiger partial charge in [0.2, 0.25) is 5.91 Å². The molecule has 1 aromatic carbocycles. The topological polar surface area (TPSA) is 113 Å². The summed E-state index contributed by atoms with van der Waals surface area (Å²) in [5.41, 5.74) is 9.14. The summed E-state index contributed by atoms with van der Waals surface area (Å²) in [5.74, 6) is -0.850. The third kappa shape index (κ3) is 4.66. The van der Waals surface area contributed by atoms with E-state index in [1.165, 1.54) is 12.0 Å². The molecule has 1 aromatic rings. The average Bonchev–Trinajstić information content (AvgIpc) is 3.45. The number of nitrogens with two attached hydrogens (primary N) is 1. The van der Waals surface area contributed by atoms with Gasteiger partial charge in [-0.05, 0) is 41.9 Å². The Bertz CT molecular complexity index is 948. The lowest BCUT2D eigenvalue weighted by molar-refractivity contribution is -0.151. The van der Waals surface area contributed by atoms with Crippen molar-refractivity contribution in [3.05, 3.63) is 41.5 Å². The van der Waals surface area contributed by atoms with Crippen LogP contribution >= 0.6 is 12.4 Å². The molecule has 1 saturated carbocycles. The molecule has 3 N–H and O–H groups in total. The van der Waals surface area contributed by atoms with Crippen molar-refractivity contribution in [2.75, 3.05) is 13.7 Å². The van der Waals surface area contributed by atoms with Crippen LogP contribution in [0.15, 0.2) is 24.8 Å². The lowest BCUT2D eigenvalue weighted by atomic mass is 9.83. The number of ether oxygens (including phenoxy) is 1. The lowest BCUT2D eigenvalue weighted by Gasteiger charge is -2.32. The number of hydrogen-bond donors (Lipinski definition) is 2. The molecule has 34 heavy (non-hydrogen) atoms. The van der Waals surface area contributed by atoms with Crippen LogP contribution in [-0.2, 0) is 20.9 Å². The number of fused-ring (bicyclic) bond motifs is 1. The van der Waals surface area contributed by atoms with E-state index in [2.05, 4.69) is 6.58 Å². The second kappa shape index (κ2) is 10.8. The summed E-state index contributed by atoms with van der Waals surface area (Å²) in [6.45, 7) is 4.38. The summed E-state index contributed by atoms with van der Waals surface area (Å²) in [5, 5.41) is 9.94. The van der Waals surface area contributed by atoms with E-state index >= 15 is 0 Å². The smallest absolute Gasteiger partial charge is 0.408 e. The normalized spacial score (nSPS) is 25.3. The Balaban J connectivity index is 0.00000324. The van der Waals surface area contributed by atoms with Crippen LogP contribution in [0.2, 0.25) is 0 Å². The van der Waals surface area contributed by atoms with Gasteiger partial charge < -0.3 is 20.5 Å². The van der Waals surface area contributed by atoms with Crippen LogP contribution in [0.1, 0.15) is 61.3 Å². The van der Waals surface area contributed by atoms with Crippen molar-refractivity contribution in [2.45, 2.75) is 63.2 Å². The maximum absolute atomic E-state index is 13.4. The summed E-state index contributed by atoms with van der Waals surface area (Å²) in [6, 6.07) is 3.87. The largest absolute Gasteiger partial charge is 0.467 e. The van der Waals surface area contributed by atoms with Gasteiger partial charge in [0.05, 0.1) is 25.7 Å². The van der Waals surface area contributed by atoms with Crippen LogP contribution in [0.25, 0.3) is 6.08 Å². The van der Waals surface area contributed by atoms with Crippen molar-refractivity contribution >= 4 is 36.5 Å². The molecular formula is C25H34ClN3O5. The van der Waals surface area contributed by atoms with E-state index in [0.29, 0.717) is 6.42 Å². The number of esters is 1. The molecular weight excluding hydrogens is 458 g/mol. The third-order valence-corrected chi connectivity index (χ3v) is 7.68. The first-order valence-corrected chi connectivity index (χ1v) is 11.7. The predicted octanol–water partition coefficient (Wildman–Crippen LogP) is 3.58. The molecule has 1 aliphatic carbocycles. The first-order chi connectivity index (χ1) is 15.9. The van der Waals surface area contributed by atoms with E-state index < -0.39 is 30.2 Å². The van der Waals surface area contributed by atoms with Gasteiger partial charge in [-0.15, -0.1) is 12.4 Å². The van der Waals surface area contributed by atoms with Gasteiger partial charge in [0.25, 0.3) is 0 Å². The number of likely N-dealkylation sites (tertiary alicyclic amines) is 1. The quantitative estimate of drug-likeness (QED) is 0.608. The molecule has 2 fully saturated rings. The Kier molecular flexibility index (Phi) is 8.25. The van der Waals surface area contributed by atoms with Gasteiger partial charge in [-0.2, -0.15) is 0 Å². The van der Waals surface area contributed by atoms with E-state index in [1.807, 2.05) is 18.2 Å². The molecule has 2 heterocycles. The van der Waals surface area contributed by atoms with Crippen molar-refractivity contribution in [3.8, 4) is 0 Å². The van der Waals surface area contributed by atoms with Crippen LogP contribution in [0, 0.1) is 11.8 Å². The number of rotatable bonds is 5. The van der Waals surface area contributed by atoms with Gasteiger partial charge in [-0.25, -0.2) is 9.59 Å². The van der Waals surface area contributed by atoms with Crippen LogP contribution in [0.3, 0.4) is 0 Å². The minimum atomic E-state index is -1.02. The molecule has 1 unspecified atom stereocenters. The number of carbonyl (C=O) groups excluding carboxylic acids is 2. The minimum absolute atomic E-state index is 0. The Labute approximate surface area is 206 Å². The van der Waals surface area contributed by atoms with Gasteiger partial charge in [0.1, 0.15) is 6.04 Å². The van der Waals surface area contributed by atoms with Gasteiger partial charge in [-0.1, -0.05) is 50.1 Å². The highest BCUT2D eigenvalue weighted by Gasteiger charge is 2.49. The maximum Gasteiger partial charge on any atom is 0.408 e. The Morgan fingerprint density at radius 1 is 1.21 bits per heavy atom. The van der Waals surface area contributed by atoms with E-state index in [9.17, 15) is 19.5 Å². The summed E-state index contributed by atoms with van der Waals surface area (Å²) in [4.78, 5) is 41.2. The molecule has 186 valence electrons. The van der Waals surface area contributed by atoms with Crippen LogP contribution < -0.4 is 5.73 Å². The fourth-order valence-corrected chi connectivity index (χ4v) is 5.99. The highest BCUT2D eigenvalue weighted by Crippen LogP contribution is 2.45. The number of nitrogens with zero attached hydrogens (tertiary/aromatic N) is 2. The summed E-state index contributed by atoms with van der Waals surface area (Å²) >= 11 is 0.